The maximum absolute atomic E-state index is 5.69. The molecule has 134 valence electrons. The third-order valence-corrected chi connectivity index (χ3v) is 16.0. The van der Waals surface area contributed by atoms with Crippen molar-refractivity contribution in [2.45, 2.75) is 17.3 Å². The Morgan fingerprint density at radius 1 is 1.12 bits per heavy atom. The first-order valence-corrected chi connectivity index (χ1v) is 16.2. The molecule has 4 nitrogen and oxygen atoms in total. The van der Waals surface area contributed by atoms with E-state index in [1.54, 1.807) is 76.6 Å². The van der Waals surface area contributed by atoms with Crippen LogP contribution in [0.15, 0.2) is 28.6 Å². The Bertz CT molecular complexity index is 579. The van der Waals surface area contributed by atoms with Crippen molar-refractivity contribution in [2.75, 3.05) is 26.6 Å². The van der Waals surface area contributed by atoms with E-state index in [2.05, 4.69) is 23.2 Å². The summed E-state index contributed by atoms with van der Waals surface area (Å²) in [6, 6.07) is 9.06. The van der Waals surface area contributed by atoms with E-state index in [0.717, 1.165) is 21.7 Å². The normalized spacial score (nSPS) is 12.1. The first-order valence-electron chi connectivity index (χ1n) is 7.12. The summed E-state index contributed by atoms with van der Waals surface area (Å²) < 4.78 is 19.0. The number of para-hydroxylation sites is 1. The van der Waals surface area contributed by atoms with E-state index in [0.29, 0.717) is 6.61 Å². The molecule has 1 aromatic heterocycles. The van der Waals surface area contributed by atoms with Gasteiger partial charge in [0.2, 0.25) is 0 Å². The van der Waals surface area contributed by atoms with Gasteiger partial charge in [-0.1, -0.05) is 22.9 Å². The summed E-state index contributed by atoms with van der Waals surface area (Å²) in [7, 11) is 9.67. The Hall–Kier alpha value is 0.957. The van der Waals surface area contributed by atoms with E-state index in [9.17, 15) is 0 Å². The van der Waals surface area contributed by atoms with Gasteiger partial charge >= 0.3 is 8.80 Å². The van der Waals surface area contributed by atoms with Gasteiger partial charge in [-0.2, -0.15) is 0 Å². The molecule has 0 aliphatic heterocycles. The lowest BCUT2D eigenvalue weighted by molar-refractivity contribution is 0.106. The quantitative estimate of drug-likeness (QED) is 0.209. The topological polar surface area (TPSA) is 40.6 Å². The van der Waals surface area contributed by atoms with Crippen LogP contribution in [0.1, 0.15) is 6.92 Å². The molecule has 0 spiro atoms. The van der Waals surface area contributed by atoms with Gasteiger partial charge < -0.3 is 13.3 Å². The number of thiazole rings is 1. The molecular formula is C13H19NO3S6Si. The average molecular weight is 458 g/mol. The third kappa shape index (κ3) is 6.60. The van der Waals surface area contributed by atoms with Crippen LogP contribution >= 0.6 is 62.4 Å². The minimum absolute atomic E-state index is 0.620. The highest BCUT2D eigenvalue weighted by Crippen LogP contribution is 2.52. The van der Waals surface area contributed by atoms with Crippen molar-refractivity contribution in [2.24, 2.45) is 0 Å². The molecule has 0 radical (unpaired) electrons. The highest BCUT2D eigenvalue weighted by Gasteiger charge is 2.37. The first kappa shape index (κ1) is 21.3. The Labute approximate surface area is 166 Å². The monoisotopic (exact) mass is 457 g/mol. The standard InChI is InChI=1S/C13H19NO3S6Si/c1-4-17-24(15-2,16-3)10-9-18-21-23-22-20-13-14-11-7-5-6-8-12(11)19-13/h5-8H,4,9-10H2,1-3H3. The molecule has 11 heteroatoms. The number of fused-ring (bicyclic) bond motifs is 1. The molecule has 0 saturated carbocycles. The fourth-order valence-corrected chi connectivity index (χ4v) is 14.8. The van der Waals surface area contributed by atoms with Crippen LogP contribution in [-0.2, 0) is 13.3 Å². The van der Waals surface area contributed by atoms with Gasteiger partial charge in [-0.15, -0.1) is 11.3 Å². The molecule has 1 aromatic carbocycles. The maximum atomic E-state index is 5.69. The van der Waals surface area contributed by atoms with Gasteiger partial charge in [0.15, 0.2) is 4.34 Å². The Morgan fingerprint density at radius 2 is 1.92 bits per heavy atom. The summed E-state index contributed by atoms with van der Waals surface area (Å²) in [5.41, 5.74) is 1.08. The Morgan fingerprint density at radius 3 is 2.62 bits per heavy atom. The van der Waals surface area contributed by atoms with Crippen LogP contribution in [0, 0.1) is 0 Å². The van der Waals surface area contributed by atoms with Gasteiger partial charge in [-0.25, -0.2) is 4.98 Å². The lowest BCUT2D eigenvalue weighted by atomic mass is 10.3. The van der Waals surface area contributed by atoms with Crippen molar-refractivity contribution in [3.8, 4) is 0 Å². The van der Waals surface area contributed by atoms with Gasteiger partial charge in [0.1, 0.15) is 0 Å². The minimum atomic E-state index is -2.45. The largest absolute Gasteiger partial charge is 0.501 e. The van der Waals surface area contributed by atoms with Crippen LogP contribution in [0.25, 0.3) is 10.2 Å². The van der Waals surface area contributed by atoms with Crippen LogP contribution in [0.3, 0.4) is 0 Å². The number of rotatable bonds is 12. The molecule has 0 fully saturated rings. The van der Waals surface area contributed by atoms with Crippen LogP contribution in [0.4, 0.5) is 0 Å². The third-order valence-electron chi connectivity index (χ3n) is 2.96. The molecule has 0 unspecified atom stereocenters. The molecule has 1 heterocycles. The summed E-state index contributed by atoms with van der Waals surface area (Å²) in [6.07, 6.45) is 0. The minimum Gasteiger partial charge on any atom is -0.377 e. The lowest BCUT2D eigenvalue weighted by Gasteiger charge is -2.25. The first-order chi connectivity index (χ1) is 11.7. The lowest BCUT2D eigenvalue weighted by Crippen LogP contribution is -2.44. The zero-order valence-corrected chi connectivity index (χ0v) is 19.5. The van der Waals surface area contributed by atoms with E-state index in [1.165, 1.54) is 4.70 Å². The molecule has 0 aliphatic carbocycles. The maximum Gasteiger partial charge on any atom is 0.501 e. The smallest absolute Gasteiger partial charge is 0.377 e. The van der Waals surface area contributed by atoms with Crippen LogP contribution in [0.5, 0.6) is 0 Å². The average Bonchev–Trinajstić information content (AvgIpc) is 3.02. The fraction of sp³-hybridized carbons (Fsp3) is 0.462. The van der Waals surface area contributed by atoms with E-state index in [4.69, 9.17) is 13.3 Å². The Balaban J connectivity index is 1.61. The van der Waals surface area contributed by atoms with E-state index >= 15 is 0 Å². The van der Waals surface area contributed by atoms with E-state index in [-0.39, 0.29) is 0 Å². The summed E-state index contributed by atoms with van der Waals surface area (Å²) in [5.74, 6) is 0.942. The second-order valence-corrected chi connectivity index (χ2v) is 16.3. The van der Waals surface area contributed by atoms with Crippen molar-refractivity contribution in [1.82, 2.24) is 4.98 Å². The number of benzene rings is 1. The number of aromatic nitrogens is 1. The number of hydrogen-bond acceptors (Lipinski definition) is 10. The summed E-state index contributed by atoms with van der Waals surface area (Å²) in [5, 5.41) is 0. The van der Waals surface area contributed by atoms with Gasteiger partial charge in [-0.3, -0.25) is 0 Å². The van der Waals surface area contributed by atoms with Crippen molar-refractivity contribution in [3.63, 3.8) is 0 Å². The molecule has 0 saturated heterocycles. The predicted molar refractivity (Wildman–Crippen MR) is 117 cm³/mol. The molecule has 0 bridgehead atoms. The summed E-state index contributed by atoms with van der Waals surface area (Å²) in [6.45, 7) is 2.59. The van der Waals surface area contributed by atoms with Gasteiger partial charge in [0, 0.05) is 32.6 Å². The zero-order valence-electron chi connectivity index (χ0n) is 13.6. The van der Waals surface area contributed by atoms with Crippen molar-refractivity contribution >= 4 is 81.4 Å². The van der Waals surface area contributed by atoms with Crippen molar-refractivity contribution in [1.29, 1.82) is 0 Å². The molecule has 2 rings (SSSR count). The van der Waals surface area contributed by atoms with Crippen LogP contribution in [0.2, 0.25) is 6.04 Å². The fourth-order valence-electron chi connectivity index (χ4n) is 1.86. The van der Waals surface area contributed by atoms with Gasteiger partial charge in [-0.05, 0) is 59.3 Å². The SMILES string of the molecule is CCO[Si](CCSSSSSc1nc2ccccc2s1)(OC)OC. The van der Waals surface area contributed by atoms with Gasteiger partial charge in [0.25, 0.3) is 0 Å². The number of hydrogen-bond donors (Lipinski definition) is 0. The molecule has 0 atom stereocenters. The molecule has 24 heavy (non-hydrogen) atoms. The molecule has 0 amide bonds. The zero-order chi connectivity index (χ0) is 17.3. The highest BCUT2D eigenvalue weighted by molar-refractivity contribution is 9.35. The van der Waals surface area contributed by atoms with Crippen LogP contribution in [-0.4, -0.2) is 40.4 Å². The highest BCUT2D eigenvalue weighted by atomic mass is 33.8. The second-order valence-electron chi connectivity index (χ2n) is 4.33. The molecule has 2 aromatic rings. The summed E-state index contributed by atoms with van der Waals surface area (Å²) >= 11 is 1.74. The second kappa shape index (κ2) is 11.6. The molecule has 0 N–H and O–H groups in total. The van der Waals surface area contributed by atoms with Crippen molar-refractivity contribution in [3.05, 3.63) is 24.3 Å². The summed E-state index contributed by atoms with van der Waals surface area (Å²) in [4.78, 5) is 4.61. The van der Waals surface area contributed by atoms with Crippen LogP contribution < -0.4 is 0 Å². The number of nitrogens with zero attached hydrogens (tertiary/aromatic N) is 1. The van der Waals surface area contributed by atoms with Gasteiger partial charge in [0.05, 0.1) is 10.2 Å². The Kier molecular flexibility index (Phi) is 10.3. The predicted octanol–water partition coefficient (Wildman–Crippen LogP) is 6.25. The van der Waals surface area contributed by atoms with E-state index in [1.807, 2.05) is 13.0 Å². The van der Waals surface area contributed by atoms with E-state index < -0.39 is 8.80 Å². The van der Waals surface area contributed by atoms with Crippen molar-refractivity contribution < 1.29 is 13.3 Å². The molecule has 0 aliphatic rings. The molecular weight excluding hydrogens is 439 g/mol.